The van der Waals surface area contributed by atoms with Crippen molar-refractivity contribution in [2.24, 2.45) is 0 Å². The van der Waals surface area contributed by atoms with Gasteiger partial charge in [-0.2, -0.15) is 0 Å². The maximum atomic E-state index is 12.3. The second kappa shape index (κ2) is 6.18. The molecule has 0 amide bonds. The molecule has 0 spiro atoms. The molecule has 2 rings (SSSR count). The quantitative estimate of drug-likeness (QED) is 0.844. The minimum absolute atomic E-state index is 0.288. The Kier molecular flexibility index (Phi) is 4.68. The Labute approximate surface area is 130 Å². The molecular formula is C17H22O5. The van der Waals surface area contributed by atoms with Gasteiger partial charge in [-0.3, -0.25) is 4.79 Å². The SMILES string of the molecule is CC(C)(O)[C@@H]1CC[C@](C)(C(=O)COC(=O)c2ccccc2)O1. The number of benzene rings is 1. The van der Waals surface area contributed by atoms with Crippen molar-refractivity contribution in [3.05, 3.63) is 35.9 Å². The van der Waals surface area contributed by atoms with Gasteiger partial charge < -0.3 is 14.6 Å². The highest BCUT2D eigenvalue weighted by atomic mass is 16.6. The summed E-state index contributed by atoms with van der Waals surface area (Å²) in [6.45, 7) is 4.66. The summed E-state index contributed by atoms with van der Waals surface area (Å²) >= 11 is 0. The van der Waals surface area contributed by atoms with Crippen LogP contribution < -0.4 is 0 Å². The fourth-order valence-electron chi connectivity index (χ4n) is 2.48. The summed E-state index contributed by atoms with van der Waals surface area (Å²) in [6, 6.07) is 8.52. The lowest BCUT2D eigenvalue weighted by molar-refractivity contribution is -0.155. The van der Waals surface area contributed by atoms with Gasteiger partial charge in [0.2, 0.25) is 5.78 Å². The Morgan fingerprint density at radius 2 is 2.00 bits per heavy atom. The molecule has 0 saturated carbocycles. The van der Waals surface area contributed by atoms with Crippen LogP contribution in [0.2, 0.25) is 0 Å². The van der Waals surface area contributed by atoms with Crippen LogP contribution in [0, 0.1) is 0 Å². The van der Waals surface area contributed by atoms with Crippen molar-refractivity contribution in [2.45, 2.75) is 50.9 Å². The molecule has 5 nitrogen and oxygen atoms in total. The molecule has 0 unspecified atom stereocenters. The van der Waals surface area contributed by atoms with E-state index in [-0.39, 0.29) is 12.4 Å². The van der Waals surface area contributed by atoms with Crippen molar-refractivity contribution < 1.29 is 24.2 Å². The topological polar surface area (TPSA) is 72.8 Å². The van der Waals surface area contributed by atoms with Crippen molar-refractivity contribution in [3.8, 4) is 0 Å². The van der Waals surface area contributed by atoms with Crippen LogP contribution >= 0.6 is 0 Å². The molecule has 1 N–H and O–H groups in total. The number of aliphatic hydroxyl groups is 1. The predicted molar refractivity (Wildman–Crippen MR) is 80.5 cm³/mol. The highest BCUT2D eigenvalue weighted by Gasteiger charge is 2.46. The fourth-order valence-corrected chi connectivity index (χ4v) is 2.48. The molecule has 0 aliphatic carbocycles. The van der Waals surface area contributed by atoms with Crippen LogP contribution in [0.3, 0.4) is 0 Å². The average Bonchev–Trinajstić information content (AvgIpc) is 2.89. The van der Waals surface area contributed by atoms with Crippen molar-refractivity contribution in [3.63, 3.8) is 0 Å². The summed E-state index contributed by atoms with van der Waals surface area (Å²) in [6.07, 6.45) is 0.702. The first kappa shape index (κ1) is 16.6. The zero-order valence-corrected chi connectivity index (χ0v) is 13.2. The van der Waals surface area contributed by atoms with E-state index < -0.39 is 23.3 Å². The first-order valence-corrected chi connectivity index (χ1v) is 7.38. The Morgan fingerprint density at radius 1 is 1.36 bits per heavy atom. The van der Waals surface area contributed by atoms with E-state index in [0.29, 0.717) is 18.4 Å². The predicted octanol–water partition coefficient (Wildman–Crippen LogP) is 2.12. The summed E-state index contributed by atoms with van der Waals surface area (Å²) in [4.78, 5) is 24.1. The lowest BCUT2D eigenvalue weighted by atomic mass is 9.94. The monoisotopic (exact) mass is 306 g/mol. The summed E-state index contributed by atoms with van der Waals surface area (Å²) < 4.78 is 10.8. The number of carbonyl (C=O) groups excluding carboxylic acids is 2. The molecule has 1 heterocycles. The number of rotatable bonds is 5. The second-order valence-corrected chi connectivity index (χ2v) is 6.40. The summed E-state index contributed by atoms with van der Waals surface area (Å²) in [7, 11) is 0. The number of hydrogen-bond donors (Lipinski definition) is 1. The number of hydrogen-bond acceptors (Lipinski definition) is 5. The minimum Gasteiger partial charge on any atom is -0.454 e. The van der Waals surface area contributed by atoms with Crippen LogP contribution in [0.25, 0.3) is 0 Å². The van der Waals surface area contributed by atoms with Gasteiger partial charge in [-0.05, 0) is 45.7 Å². The standard InChI is InChI=1S/C17H22O5/c1-16(2,20)14-9-10-17(3,22-14)13(18)11-21-15(19)12-7-5-4-6-8-12/h4-8,14,20H,9-11H2,1-3H3/t14-,17+/m0/s1. The number of carbonyl (C=O) groups is 2. The third kappa shape index (κ3) is 3.72. The second-order valence-electron chi connectivity index (χ2n) is 6.40. The van der Waals surface area contributed by atoms with Crippen LogP contribution in [-0.2, 0) is 14.3 Å². The lowest BCUT2D eigenvalue weighted by Crippen LogP contribution is -2.43. The smallest absolute Gasteiger partial charge is 0.338 e. The lowest BCUT2D eigenvalue weighted by Gasteiger charge is -2.29. The van der Waals surface area contributed by atoms with E-state index in [1.807, 2.05) is 0 Å². The molecule has 1 fully saturated rings. The van der Waals surface area contributed by atoms with Crippen LogP contribution in [0.4, 0.5) is 0 Å². The van der Waals surface area contributed by atoms with Gasteiger partial charge in [0.05, 0.1) is 17.3 Å². The van der Waals surface area contributed by atoms with E-state index in [2.05, 4.69) is 0 Å². The van der Waals surface area contributed by atoms with Gasteiger partial charge in [-0.15, -0.1) is 0 Å². The van der Waals surface area contributed by atoms with Crippen LogP contribution in [0.5, 0.6) is 0 Å². The molecule has 0 bridgehead atoms. The maximum Gasteiger partial charge on any atom is 0.338 e. The maximum absolute atomic E-state index is 12.3. The molecule has 22 heavy (non-hydrogen) atoms. The van der Waals surface area contributed by atoms with Crippen LogP contribution in [0.15, 0.2) is 30.3 Å². The van der Waals surface area contributed by atoms with Gasteiger partial charge in [0.25, 0.3) is 0 Å². The Morgan fingerprint density at radius 3 is 2.55 bits per heavy atom. The highest BCUT2D eigenvalue weighted by molar-refractivity contribution is 5.93. The van der Waals surface area contributed by atoms with E-state index in [1.165, 1.54) is 0 Å². The molecule has 1 saturated heterocycles. The molecule has 5 heteroatoms. The van der Waals surface area contributed by atoms with Crippen LogP contribution in [0.1, 0.15) is 44.0 Å². The van der Waals surface area contributed by atoms with E-state index in [4.69, 9.17) is 9.47 Å². The average molecular weight is 306 g/mol. The number of Topliss-reactive ketones (excluding diaryl/α,β-unsaturated/α-hetero) is 1. The Balaban J connectivity index is 1.91. The van der Waals surface area contributed by atoms with E-state index in [9.17, 15) is 14.7 Å². The molecule has 1 aromatic carbocycles. The highest BCUT2D eigenvalue weighted by Crippen LogP contribution is 2.35. The molecule has 1 aliphatic heterocycles. The molecule has 0 aromatic heterocycles. The van der Waals surface area contributed by atoms with Crippen molar-refractivity contribution >= 4 is 11.8 Å². The van der Waals surface area contributed by atoms with Crippen LogP contribution in [-0.4, -0.2) is 40.8 Å². The number of esters is 1. The van der Waals surface area contributed by atoms with Gasteiger partial charge >= 0.3 is 5.97 Å². The molecule has 1 aromatic rings. The third-order valence-corrected chi connectivity index (χ3v) is 4.01. The Bertz CT molecular complexity index is 546. The van der Waals surface area contributed by atoms with Gasteiger partial charge in [-0.25, -0.2) is 4.79 Å². The van der Waals surface area contributed by atoms with E-state index in [0.717, 1.165) is 0 Å². The fraction of sp³-hybridized carbons (Fsp3) is 0.529. The zero-order chi connectivity index (χ0) is 16.4. The number of ketones is 1. The Hall–Kier alpha value is -1.72. The summed E-state index contributed by atoms with van der Waals surface area (Å²) in [5, 5.41) is 9.98. The van der Waals surface area contributed by atoms with Gasteiger partial charge in [0.15, 0.2) is 6.61 Å². The normalized spacial score (nSPS) is 25.0. The summed E-state index contributed by atoms with van der Waals surface area (Å²) in [5.41, 5.74) is -1.61. The molecular weight excluding hydrogens is 284 g/mol. The third-order valence-electron chi connectivity index (χ3n) is 4.01. The summed E-state index contributed by atoms with van der Waals surface area (Å²) in [5.74, 6) is -0.821. The van der Waals surface area contributed by atoms with E-state index in [1.54, 1.807) is 51.1 Å². The largest absolute Gasteiger partial charge is 0.454 e. The van der Waals surface area contributed by atoms with E-state index >= 15 is 0 Å². The van der Waals surface area contributed by atoms with Crippen molar-refractivity contribution in [1.29, 1.82) is 0 Å². The zero-order valence-electron chi connectivity index (χ0n) is 13.2. The van der Waals surface area contributed by atoms with Gasteiger partial charge in [0, 0.05) is 0 Å². The van der Waals surface area contributed by atoms with Gasteiger partial charge in [0.1, 0.15) is 5.60 Å². The first-order chi connectivity index (χ1) is 10.2. The first-order valence-electron chi connectivity index (χ1n) is 7.38. The molecule has 0 radical (unpaired) electrons. The van der Waals surface area contributed by atoms with Crippen molar-refractivity contribution in [1.82, 2.24) is 0 Å². The number of ether oxygens (including phenoxy) is 2. The molecule has 2 atom stereocenters. The van der Waals surface area contributed by atoms with Gasteiger partial charge in [-0.1, -0.05) is 18.2 Å². The minimum atomic E-state index is -1.01. The molecule has 120 valence electrons. The molecule has 1 aliphatic rings. The van der Waals surface area contributed by atoms with Crippen molar-refractivity contribution in [2.75, 3.05) is 6.61 Å².